The fraction of sp³-hybridized carbons (Fsp3) is 0.278. The molecule has 2 N–H and O–H groups in total. The Morgan fingerprint density at radius 2 is 2.08 bits per heavy atom. The summed E-state index contributed by atoms with van der Waals surface area (Å²) in [7, 11) is 0. The fourth-order valence-corrected chi connectivity index (χ4v) is 2.35. The van der Waals surface area contributed by atoms with E-state index in [2.05, 4.69) is 20.8 Å². The van der Waals surface area contributed by atoms with E-state index < -0.39 is 0 Å². The van der Waals surface area contributed by atoms with Crippen LogP contribution in [0.3, 0.4) is 0 Å². The topological polar surface area (TPSA) is 93.2 Å². The molecule has 1 amide bonds. The van der Waals surface area contributed by atoms with Crippen molar-refractivity contribution in [2.75, 3.05) is 11.9 Å². The number of nitrogens with one attached hydrogen (secondary N) is 2. The molecule has 0 aliphatic heterocycles. The van der Waals surface area contributed by atoms with Gasteiger partial charge in [-0.15, -0.1) is 0 Å². The van der Waals surface area contributed by atoms with Crippen molar-refractivity contribution in [1.29, 1.82) is 0 Å². The molecule has 2 aromatic heterocycles. The average Bonchev–Trinajstić information content (AvgIpc) is 3.30. The van der Waals surface area contributed by atoms with Gasteiger partial charge >= 0.3 is 0 Å². The van der Waals surface area contributed by atoms with Gasteiger partial charge in [0.1, 0.15) is 0 Å². The van der Waals surface area contributed by atoms with Crippen LogP contribution in [0.15, 0.2) is 51.6 Å². The van der Waals surface area contributed by atoms with Gasteiger partial charge in [-0.2, -0.15) is 4.98 Å². The maximum atomic E-state index is 12.2. The van der Waals surface area contributed by atoms with E-state index in [4.69, 9.17) is 8.94 Å². The molecule has 130 valence electrons. The van der Waals surface area contributed by atoms with Gasteiger partial charge in [0.15, 0.2) is 5.76 Å². The van der Waals surface area contributed by atoms with Gasteiger partial charge < -0.3 is 19.6 Å². The molecule has 0 atom stereocenters. The van der Waals surface area contributed by atoms with Crippen molar-refractivity contribution in [3.05, 3.63) is 54.1 Å². The summed E-state index contributed by atoms with van der Waals surface area (Å²) >= 11 is 0. The van der Waals surface area contributed by atoms with E-state index in [1.165, 1.54) is 0 Å². The van der Waals surface area contributed by atoms with E-state index >= 15 is 0 Å². The lowest BCUT2D eigenvalue weighted by Gasteiger charge is -2.11. The average molecular weight is 340 g/mol. The Labute approximate surface area is 145 Å². The molecule has 0 unspecified atom stereocenters. The molecule has 0 fully saturated rings. The van der Waals surface area contributed by atoms with Crippen LogP contribution >= 0.6 is 0 Å². The number of nitrogens with zero attached hydrogens (tertiary/aromatic N) is 2. The summed E-state index contributed by atoms with van der Waals surface area (Å²) in [6.45, 7) is 3.63. The number of hydrogen-bond donors (Lipinski definition) is 2. The van der Waals surface area contributed by atoms with Crippen molar-refractivity contribution >= 4 is 11.6 Å². The second kappa shape index (κ2) is 8.25. The molecule has 25 heavy (non-hydrogen) atoms. The number of benzene rings is 1. The number of amides is 1. The number of hydrogen-bond acceptors (Lipinski definition) is 6. The number of aromatic nitrogens is 2. The second-order valence-electron chi connectivity index (χ2n) is 5.47. The lowest BCUT2D eigenvalue weighted by molar-refractivity contribution is -0.116. The molecule has 3 rings (SSSR count). The summed E-state index contributed by atoms with van der Waals surface area (Å²) in [5.41, 5.74) is 1.87. The molecule has 7 heteroatoms. The number of carbonyl (C=O) groups excluding carboxylic acids is 1. The van der Waals surface area contributed by atoms with E-state index in [1.807, 2.05) is 31.2 Å². The molecule has 2 heterocycles. The lowest BCUT2D eigenvalue weighted by Crippen LogP contribution is -2.17. The number of furan rings is 1. The predicted octanol–water partition coefficient (Wildman–Crippen LogP) is 3.01. The zero-order chi connectivity index (χ0) is 17.5. The largest absolute Gasteiger partial charge is 0.461 e. The van der Waals surface area contributed by atoms with Gasteiger partial charge in [-0.05, 0) is 30.3 Å². The molecule has 7 nitrogen and oxygen atoms in total. The van der Waals surface area contributed by atoms with Crippen LogP contribution in [0, 0.1) is 0 Å². The lowest BCUT2D eigenvalue weighted by atomic mass is 10.1. The summed E-state index contributed by atoms with van der Waals surface area (Å²) in [5.74, 6) is 1.23. The Morgan fingerprint density at radius 3 is 2.88 bits per heavy atom. The van der Waals surface area contributed by atoms with Crippen LogP contribution in [0.1, 0.15) is 24.8 Å². The first-order valence-corrected chi connectivity index (χ1v) is 8.21. The Kier molecular flexibility index (Phi) is 5.58. The molecular weight excluding hydrogens is 320 g/mol. The molecule has 0 saturated carbocycles. The highest BCUT2D eigenvalue weighted by atomic mass is 16.5. The summed E-state index contributed by atoms with van der Waals surface area (Å²) in [4.78, 5) is 16.4. The van der Waals surface area contributed by atoms with Crippen LogP contribution in [0.25, 0.3) is 11.6 Å². The second-order valence-corrected chi connectivity index (χ2v) is 5.47. The Hall–Kier alpha value is -2.93. The van der Waals surface area contributed by atoms with E-state index in [-0.39, 0.29) is 12.3 Å². The highest BCUT2D eigenvalue weighted by Gasteiger charge is 2.13. The quantitative estimate of drug-likeness (QED) is 0.655. The van der Waals surface area contributed by atoms with E-state index in [9.17, 15) is 4.79 Å². The van der Waals surface area contributed by atoms with Crippen molar-refractivity contribution in [2.45, 2.75) is 26.3 Å². The minimum absolute atomic E-state index is 0.0957. The van der Waals surface area contributed by atoms with Crippen LogP contribution in [0.2, 0.25) is 0 Å². The normalized spacial score (nSPS) is 10.8. The standard InChI is InChI=1S/C18H20N4O3/c1-2-19-12-13-6-3-4-7-14(13)20-16(23)9-10-17-21-18(22-25-17)15-8-5-11-24-15/h3-8,11,19H,2,9-10,12H2,1H3,(H,20,23). The first-order valence-electron chi connectivity index (χ1n) is 8.21. The molecule has 3 aromatic rings. The molecule has 0 aliphatic rings. The van der Waals surface area contributed by atoms with Crippen LogP contribution < -0.4 is 10.6 Å². The summed E-state index contributed by atoms with van der Waals surface area (Å²) in [6.07, 6.45) is 2.17. The maximum Gasteiger partial charge on any atom is 0.238 e. The van der Waals surface area contributed by atoms with Crippen LogP contribution in [-0.2, 0) is 17.8 Å². The number of rotatable bonds is 8. The first kappa shape index (κ1) is 16.9. The maximum absolute atomic E-state index is 12.2. The Morgan fingerprint density at radius 1 is 1.20 bits per heavy atom. The minimum Gasteiger partial charge on any atom is -0.461 e. The zero-order valence-electron chi connectivity index (χ0n) is 14.0. The van der Waals surface area contributed by atoms with E-state index in [0.717, 1.165) is 17.8 Å². The van der Waals surface area contributed by atoms with Gasteiger partial charge in [-0.3, -0.25) is 4.79 Å². The highest BCUT2D eigenvalue weighted by molar-refractivity contribution is 5.91. The van der Waals surface area contributed by atoms with Crippen molar-refractivity contribution < 1.29 is 13.7 Å². The third-order valence-electron chi connectivity index (χ3n) is 3.63. The monoisotopic (exact) mass is 340 g/mol. The molecule has 0 saturated heterocycles. The molecule has 0 aliphatic carbocycles. The van der Waals surface area contributed by atoms with Gasteiger partial charge in [-0.1, -0.05) is 30.3 Å². The van der Waals surface area contributed by atoms with Gasteiger partial charge in [0.2, 0.25) is 17.6 Å². The van der Waals surface area contributed by atoms with Crippen LogP contribution in [0.4, 0.5) is 5.69 Å². The number of anilines is 1. The van der Waals surface area contributed by atoms with Crippen LogP contribution in [-0.4, -0.2) is 22.6 Å². The third-order valence-corrected chi connectivity index (χ3v) is 3.63. The third kappa shape index (κ3) is 4.54. The first-order chi connectivity index (χ1) is 12.3. The SMILES string of the molecule is CCNCc1ccccc1NC(=O)CCc1nc(-c2ccco2)no1. The van der Waals surface area contributed by atoms with Gasteiger partial charge in [0, 0.05) is 25.1 Å². The van der Waals surface area contributed by atoms with E-state index in [1.54, 1.807) is 18.4 Å². The smallest absolute Gasteiger partial charge is 0.238 e. The highest BCUT2D eigenvalue weighted by Crippen LogP contribution is 2.17. The van der Waals surface area contributed by atoms with Gasteiger partial charge in [0.05, 0.1) is 6.26 Å². The number of aryl methyl sites for hydroxylation is 1. The van der Waals surface area contributed by atoms with Crippen molar-refractivity contribution in [1.82, 2.24) is 15.5 Å². The molecule has 0 spiro atoms. The summed E-state index contributed by atoms with van der Waals surface area (Å²) in [5, 5.41) is 10.0. The van der Waals surface area contributed by atoms with Gasteiger partial charge in [0.25, 0.3) is 0 Å². The Balaban J connectivity index is 1.55. The molecular formula is C18H20N4O3. The Bertz CT molecular complexity index is 811. The van der Waals surface area contributed by atoms with Gasteiger partial charge in [-0.25, -0.2) is 0 Å². The van der Waals surface area contributed by atoms with Crippen molar-refractivity contribution in [3.63, 3.8) is 0 Å². The van der Waals surface area contributed by atoms with Crippen molar-refractivity contribution in [2.24, 2.45) is 0 Å². The van der Waals surface area contributed by atoms with Crippen molar-refractivity contribution in [3.8, 4) is 11.6 Å². The molecule has 1 aromatic carbocycles. The van der Waals surface area contributed by atoms with E-state index in [0.29, 0.717) is 30.4 Å². The summed E-state index contributed by atoms with van der Waals surface area (Å²) in [6, 6.07) is 11.3. The van der Waals surface area contributed by atoms with Crippen LogP contribution in [0.5, 0.6) is 0 Å². The molecule has 0 radical (unpaired) electrons. The number of para-hydroxylation sites is 1. The summed E-state index contributed by atoms with van der Waals surface area (Å²) < 4.78 is 10.4. The minimum atomic E-state index is -0.0957. The zero-order valence-corrected chi connectivity index (χ0v) is 14.0. The molecule has 0 bridgehead atoms. The number of carbonyl (C=O) groups is 1. The fourth-order valence-electron chi connectivity index (χ4n) is 2.35. The predicted molar refractivity (Wildman–Crippen MR) is 92.8 cm³/mol.